The van der Waals surface area contributed by atoms with E-state index in [2.05, 4.69) is 24.4 Å². The zero-order valence-electron chi connectivity index (χ0n) is 10.7. The number of aliphatic hydroxyl groups excluding tert-OH is 1. The summed E-state index contributed by atoms with van der Waals surface area (Å²) < 4.78 is 5.04. The molecule has 2 atom stereocenters. The van der Waals surface area contributed by atoms with Gasteiger partial charge in [-0.3, -0.25) is 0 Å². The fourth-order valence-electron chi connectivity index (χ4n) is 1.86. The number of hydrogen-bond acceptors (Lipinski definition) is 3. The van der Waals surface area contributed by atoms with Crippen LogP contribution in [0.2, 0.25) is 0 Å². The molecule has 0 spiro atoms. The van der Waals surface area contributed by atoms with Crippen LogP contribution in [0.4, 0.5) is 0 Å². The summed E-state index contributed by atoms with van der Waals surface area (Å²) in [4.78, 5) is 0. The van der Waals surface area contributed by atoms with Gasteiger partial charge in [0.1, 0.15) is 0 Å². The molecule has 2 N–H and O–H groups in total. The molecule has 0 saturated carbocycles. The van der Waals surface area contributed by atoms with Gasteiger partial charge < -0.3 is 15.2 Å². The summed E-state index contributed by atoms with van der Waals surface area (Å²) in [6.07, 6.45) is 1.82. The first kappa shape index (κ1) is 14.2. The number of ether oxygens (including phenoxy) is 1. The monoisotopic (exact) mass is 237 g/mol. The maximum absolute atomic E-state index is 9.37. The molecule has 0 amide bonds. The summed E-state index contributed by atoms with van der Waals surface area (Å²) in [5.74, 6) is 0. The van der Waals surface area contributed by atoms with E-state index in [-0.39, 0.29) is 12.6 Å². The highest BCUT2D eigenvalue weighted by molar-refractivity contribution is 5.15. The minimum Gasteiger partial charge on any atom is -0.395 e. The quantitative estimate of drug-likeness (QED) is 0.721. The van der Waals surface area contributed by atoms with E-state index >= 15 is 0 Å². The van der Waals surface area contributed by atoms with Gasteiger partial charge in [0, 0.05) is 25.8 Å². The first-order chi connectivity index (χ1) is 8.26. The van der Waals surface area contributed by atoms with E-state index in [1.165, 1.54) is 5.56 Å². The number of hydrogen-bond donors (Lipinski definition) is 2. The molecular weight excluding hydrogens is 214 g/mol. The highest BCUT2D eigenvalue weighted by Crippen LogP contribution is 2.04. The van der Waals surface area contributed by atoms with Gasteiger partial charge in [0.15, 0.2) is 0 Å². The third kappa shape index (κ3) is 5.82. The summed E-state index contributed by atoms with van der Waals surface area (Å²) in [5.41, 5.74) is 1.25. The Morgan fingerprint density at radius 2 is 2.00 bits per heavy atom. The molecule has 0 heterocycles. The molecule has 0 radical (unpaired) electrons. The van der Waals surface area contributed by atoms with E-state index in [0.29, 0.717) is 6.04 Å². The molecule has 0 aliphatic heterocycles. The van der Waals surface area contributed by atoms with Gasteiger partial charge in [-0.1, -0.05) is 30.3 Å². The first-order valence-electron chi connectivity index (χ1n) is 6.16. The minimum atomic E-state index is 0.115. The van der Waals surface area contributed by atoms with Crippen LogP contribution in [0.1, 0.15) is 18.9 Å². The minimum absolute atomic E-state index is 0.115. The molecule has 0 aliphatic rings. The van der Waals surface area contributed by atoms with Crippen LogP contribution >= 0.6 is 0 Å². The van der Waals surface area contributed by atoms with Gasteiger partial charge in [-0.15, -0.1) is 0 Å². The summed E-state index contributed by atoms with van der Waals surface area (Å²) in [7, 11) is 1.71. The molecule has 0 bridgehead atoms. The molecule has 1 aromatic carbocycles. The maximum atomic E-state index is 9.37. The lowest BCUT2D eigenvalue weighted by Crippen LogP contribution is -2.41. The van der Waals surface area contributed by atoms with Gasteiger partial charge in [0.05, 0.1) is 6.61 Å². The van der Waals surface area contributed by atoms with Crippen molar-refractivity contribution in [3.63, 3.8) is 0 Å². The molecule has 0 aliphatic carbocycles. The number of nitrogens with one attached hydrogen (secondary N) is 1. The lowest BCUT2D eigenvalue weighted by atomic mass is 10.1. The Kier molecular flexibility index (Phi) is 6.86. The molecule has 96 valence electrons. The SMILES string of the molecule is COCCC(C)N[C@H](CO)Cc1ccccc1. The van der Waals surface area contributed by atoms with Crippen molar-refractivity contribution in [2.24, 2.45) is 0 Å². The van der Waals surface area contributed by atoms with Crippen molar-refractivity contribution in [2.75, 3.05) is 20.3 Å². The van der Waals surface area contributed by atoms with E-state index in [1.54, 1.807) is 7.11 Å². The largest absolute Gasteiger partial charge is 0.395 e. The standard InChI is InChI=1S/C14H23NO2/c1-12(8-9-17-2)15-14(11-16)10-13-6-4-3-5-7-13/h3-7,12,14-16H,8-11H2,1-2H3/t12?,14-/m0/s1. The van der Waals surface area contributed by atoms with Crippen molar-refractivity contribution in [2.45, 2.75) is 31.8 Å². The van der Waals surface area contributed by atoms with Crippen molar-refractivity contribution in [1.29, 1.82) is 0 Å². The second-order valence-electron chi connectivity index (χ2n) is 4.42. The lowest BCUT2D eigenvalue weighted by Gasteiger charge is -2.21. The number of aliphatic hydroxyl groups is 1. The molecule has 3 nitrogen and oxygen atoms in total. The van der Waals surface area contributed by atoms with E-state index in [0.717, 1.165) is 19.4 Å². The molecule has 1 aromatic rings. The lowest BCUT2D eigenvalue weighted by molar-refractivity contribution is 0.175. The molecule has 3 heteroatoms. The zero-order valence-corrected chi connectivity index (χ0v) is 10.7. The van der Waals surface area contributed by atoms with E-state index in [1.807, 2.05) is 18.2 Å². The van der Waals surface area contributed by atoms with Gasteiger partial charge in [0.25, 0.3) is 0 Å². The third-order valence-electron chi connectivity index (χ3n) is 2.82. The van der Waals surface area contributed by atoms with Gasteiger partial charge in [0.2, 0.25) is 0 Å². The van der Waals surface area contributed by atoms with Crippen LogP contribution in [-0.4, -0.2) is 37.5 Å². The average Bonchev–Trinajstić information content (AvgIpc) is 2.36. The maximum Gasteiger partial charge on any atom is 0.0587 e. The van der Waals surface area contributed by atoms with E-state index in [9.17, 15) is 5.11 Å². The van der Waals surface area contributed by atoms with Crippen molar-refractivity contribution < 1.29 is 9.84 Å². The van der Waals surface area contributed by atoms with Crippen molar-refractivity contribution in [1.82, 2.24) is 5.32 Å². The molecule has 1 unspecified atom stereocenters. The fourth-order valence-corrected chi connectivity index (χ4v) is 1.86. The number of benzene rings is 1. The number of methoxy groups -OCH3 is 1. The molecule has 17 heavy (non-hydrogen) atoms. The smallest absolute Gasteiger partial charge is 0.0587 e. The molecular formula is C14H23NO2. The third-order valence-corrected chi connectivity index (χ3v) is 2.82. The normalized spacial score (nSPS) is 14.5. The Morgan fingerprint density at radius 3 is 2.59 bits per heavy atom. The summed E-state index contributed by atoms with van der Waals surface area (Å²) >= 11 is 0. The predicted octanol–water partition coefficient (Wildman–Crippen LogP) is 1.60. The highest BCUT2D eigenvalue weighted by Gasteiger charge is 2.11. The summed E-state index contributed by atoms with van der Waals surface area (Å²) in [6.45, 7) is 3.02. The highest BCUT2D eigenvalue weighted by atomic mass is 16.5. The van der Waals surface area contributed by atoms with Crippen LogP contribution in [-0.2, 0) is 11.2 Å². The Labute approximate surface area is 104 Å². The summed E-state index contributed by atoms with van der Waals surface area (Å²) in [6, 6.07) is 10.7. The van der Waals surface area contributed by atoms with Crippen LogP contribution < -0.4 is 5.32 Å². The van der Waals surface area contributed by atoms with Crippen LogP contribution in [0.15, 0.2) is 30.3 Å². The van der Waals surface area contributed by atoms with Crippen molar-refractivity contribution >= 4 is 0 Å². The summed E-state index contributed by atoms with van der Waals surface area (Å²) in [5, 5.41) is 12.8. The van der Waals surface area contributed by atoms with Gasteiger partial charge in [-0.05, 0) is 25.3 Å². The first-order valence-corrected chi connectivity index (χ1v) is 6.16. The predicted molar refractivity (Wildman–Crippen MR) is 70.1 cm³/mol. The van der Waals surface area contributed by atoms with Crippen LogP contribution in [0.3, 0.4) is 0 Å². The average molecular weight is 237 g/mol. The Bertz CT molecular complexity index is 290. The van der Waals surface area contributed by atoms with Crippen molar-refractivity contribution in [3.05, 3.63) is 35.9 Å². The Hall–Kier alpha value is -0.900. The Morgan fingerprint density at radius 1 is 1.29 bits per heavy atom. The van der Waals surface area contributed by atoms with Crippen LogP contribution in [0.5, 0.6) is 0 Å². The Balaban J connectivity index is 2.38. The van der Waals surface area contributed by atoms with Crippen LogP contribution in [0, 0.1) is 0 Å². The van der Waals surface area contributed by atoms with Crippen LogP contribution in [0.25, 0.3) is 0 Å². The topological polar surface area (TPSA) is 41.5 Å². The van der Waals surface area contributed by atoms with E-state index < -0.39 is 0 Å². The molecule has 0 fully saturated rings. The van der Waals surface area contributed by atoms with Gasteiger partial charge in [-0.25, -0.2) is 0 Å². The van der Waals surface area contributed by atoms with Crippen molar-refractivity contribution in [3.8, 4) is 0 Å². The van der Waals surface area contributed by atoms with E-state index in [4.69, 9.17) is 4.74 Å². The zero-order chi connectivity index (χ0) is 12.5. The van der Waals surface area contributed by atoms with Gasteiger partial charge >= 0.3 is 0 Å². The number of rotatable bonds is 8. The molecule has 0 saturated heterocycles. The molecule has 1 rings (SSSR count). The van der Waals surface area contributed by atoms with Gasteiger partial charge in [-0.2, -0.15) is 0 Å². The molecule has 0 aromatic heterocycles. The second-order valence-corrected chi connectivity index (χ2v) is 4.42. The fraction of sp³-hybridized carbons (Fsp3) is 0.571. The second kappa shape index (κ2) is 8.23.